The third-order valence-electron chi connectivity index (χ3n) is 9.86. The van der Waals surface area contributed by atoms with Crippen LogP contribution >= 0.6 is 11.3 Å². The number of amides is 1. The van der Waals surface area contributed by atoms with Crippen molar-refractivity contribution in [2.45, 2.75) is 38.8 Å². The van der Waals surface area contributed by atoms with Crippen LogP contribution in [0.1, 0.15) is 36.2 Å². The minimum Gasteiger partial charge on any atom is -0.490 e. The van der Waals surface area contributed by atoms with Crippen molar-refractivity contribution in [1.82, 2.24) is 24.6 Å². The van der Waals surface area contributed by atoms with Gasteiger partial charge in [0, 0.05) is 66.6 Å². The number of nitrogens with zero attached hydrogens (tertiary/aromatic N) is 5. The highest BCUT2D eigenvalue weighted by atomic mass is 32.1. The van der Waals surface area contributed by atoms with Gasteiger partial charge in [0.05, 0.1) is 42.8 Å². The van der Waals surface area contributed by atoms with Gasteiger partial charge in [0.25, 0.3) is 0 Å². The topological polar surface area (TPSA) is 72.7 Å². The number of aromatic nitrogens is 3. The molecular formula is C39H40F3N5O3S. The van der Waals surface area contributed by atoms with Gasteiger partial charge in [-0.1, -0.05) is 18.7 Å². The van der Waals surface area contributed by atoms with E-state index in [2.05, 4.69) is 29.7 Å². The lowest BCUT2D eigenvalue weighted by Gasteiger charge is -2.33. The molecule has 12 heteroatoms. The smallest absolute Gasteiger partial charge is 0.246 e. The predicted molar refractivity (Wildman–Crippen MR) is 194 cm³/mol. The predicted octanol–water partition coefficient (Wildman–Crippen LogP) is 7.65. The van der Waals surface area contributed by atoms with Gasteiger partial charge in [-0.25, -0.2) is 13.8 Å². The van der Waals surface area contributed by atoms with Crippen LogP contribution in [-0.2, 0) is 28.9 Å². The van der Waals surface area contributed by atoms with E-state index in [0.29, 0.717) is 36.5 Å². The van der Waals surface area contributed by atoms with Crippen LogP contribution in [0.4, 0.5) is 13.2 Å². The zero-order valence-electron chi connectivity index (χ0n) is 28.8. The molecular weight excluding hydrogens is 676 g/mol. The van der Waals surface area contributed by atoms with Crippen LogP contribution in [0, 0.1) is 11.6 Å². The van der Waals surface area contributed by atoms with Gasteiger partial charge in [0.15, 0.2) is 0 Å². The summed E-state index contributed by atoms with van der Waals surface area (Å²) in [5, 5.41) is 7.74. The largest absolute Gasteiger partial charge is 0.490 e. The molecule has 3 aromatic heterocycles. The zero-order chi connectivity index (χ0) is 35.6. The molecule has 266 valence electrons. The lowest BCUT2D eigenvalue weighted by molar-refractivity contribution is -0.129. The Bertz CT molecular complexity index is 2100. The Labute approximate surface area is 299 Å². The van der Waals surface area contributed by atoms with Crippen molar-refractivity contribution in [3.05, 3.63) is 89.0 Å². The van der Waals surface area contributed by atoms with E-state index in [1.54, 1.807) is 4.90 Å². The van der Waals surface area contributed by atoms with E-state index >= 15 is 4.39 Å². The number of benzene rings is 2. The van der Waals surface area contributed by atoms with Crippen LogP contribution < -0.4 is 4.74 Å². The first-order valence-electron chi connectivity index (χ1n) is 17.2. The van der Waals surface area contributed by atoms with Gasteiger partial charge in [-0.2, -0.15) is 5.10 Å². The quantitative estimate of drug-likeness (QED) is 0.103. The molecule has 0 unspecified atom stereocenters. The zero-order valence-corrected chi connectivity index (χ0v) is 29.6. The van der Waals surface area contributed by atoms with Crippen LogP contribution in [-0.4, -0.2) is 83.6 Å². The molecule has 0 fully saturated rings. The van der Waals surface area contributed by atoms with Gasteiger partial charge in [0.2, 0.25) is 5.91 Å². The highest BCUT2D eigenvalue weighted by Gasteiger charge is 2.31. The average molecular weight is 716 g/mol. The number of rotatable bonds is 11. The SMILES string of the molecule is C=CC(=O)N1CCn2nc(-c3nc(-c4ccc5c(c4)CCN(CCCF)CC5)c4ccsc4c3-c3c(F)cc(F)cc3OCCOC)cc2[C@H]1C. The van der Waals surface area contributed by atoms with Crippen molar-refractivity contribution in [3.63, 3.8) is 0 Å². The molecule has 1 amide bonds. The minimum absolute atomic E-state index is 0.0393. The molecule has 0 radical (unpaired) electrons. The second-order valence-corrected chi connectivity index (χ2v) is 13.8. The van der Waals surface area contributed by atoms with E-state index in [1.165, 1.54) is 41.7 Å². The van der Waals surface area contributed by atoms with Crippen molar-refractivity contribution in [3.8, 4) is 39.5 Å². The molecule has 7 rings (SSSR count). The summed E-state index contributed by atoms with van der Waals surface area (Å²) in [5.41, 5.74) is 6.40. The van der Waals surface area contributed by atoms with Crippen LogP contribution in [0.15, 0.2) is 60.5 Å². The summed E-state index contributed by atoms with van der Waals surface area (Å²) in [5.74, 6) is -1.67. The summed E-state index contributed by atoms with van der Waals surface area (Å²) in [7, 11) is 1.53. The number of carbonyl (C=O) groups is 1. The fraction of sp³-hybridized carbons (Fsp3) is 0.359. The molecule has 0 aliphatic carbocycles. The number of ether oxygens (including phenoxy) is 2. The fourth-order valence-corrected chi connectivity index (χ4v) is 8.21. The van der Waals surface area contributed by atoms with Crippen LogP contribution in [0.3, 0.4) is 0 Å². The first kappa shape index (κ1) is 34.9. The molecule has 5 heterocycles. The van der Waals surface area contributed by atoms with E-state index in [-0.39, 0.29) is 43.2 Å². The Kier molecular flexibility index (Phi) is 10.3. The number of hydrogen-bond donors (Lipinski definition) is 0. The molecule has 5 aromatic rings. The molecule has 2 aromatic carbocycles. The van der Waals surface area contributed by atoms with Gasteiger partial charge in [0.1, 0.15) is 35.4 Å². The Morgan fingerprint density at radius 3 is 2.63 bits per heavy atom. The maximum atomic E-state index is 16.2. The van der Waals surface area contributed by atoms with E-state index < -0.39 is 11.6 Å². The summed E-state index contributed by atoms with van der Waals surface area (Å²) in [6.07, 6.45) is 3.56. The van der Waals surface area contributed by atoms with Crippen molar-refractivity contribution >= 4 is 27.3 Å². The fourth-order valence-electron chi connectivity index (χ4n) is 7.27. The van der Waals surface area contributed by atoms with E-state index in [4.69, 9.17) is 19.6 Å². The molecule has 0 saturated carbocycles. The summed E-state index contributed by atoms with van der Waals surface area (Å²) < 4.78 is 57.6. The molecule has 2 aliphatic heterocycles. The van der Waals surface area contributed by atoms with Crippen LogP contribution in [0.25, 0.3) is 43.9 Å². The van der Waals surface area contributed by atoms with Crippen molar-refractivity contribution in [2.75, 3.05) is 53.2 Å². The first-order valence-corrected chi connectivity index (χ1v) is 18.1. The van der Waals surface area contributed by atoms with E-state index in [0.717, 1.165) is 65.6 Å². The Morgan fingerprint density at radius 2 is 1.84 bits per heavy atom. The normalized spacial score (nSPS) is 16.2. The van der Waals surface area contributed by atoms with Gasteiger partial charge in [-0.3, -0.25) is 13.9 Å². The lowest BCUT2D eigenvalue weighted by atomic mass is 9.94. The summed E-state index contributed by atoms with van der Waals surface area (Å²) in [6, 6.07) is 12.1. The third-order valence-corrected chi connectivity index (χ3v) is 10.8. The molecule has 0 bridgehead atoms. The molecule has 1 atom stereocenters. The van der Waals surface area contributed by atoms with Crippen molar-refractivity contribution < 1.29 is 27.4 Å². The highest BCUT2D eigenvalue weighted by molar-refractivity contribution is 7.18. The number of halogens is 3. The van der Waals surface area contributed by atoms with Gasteiger partial charge in [-0.15, -0.1) is 11.3 Å². The first-order chi connectivity index (χ1) is 24.8. The second-order valence-electron chi connectivity index (χ2n) is 12.9. The molecule has 0 saturated heterocycles. The summed E-state index contributed by atoms with van der Waals surface area (Å²) in [4.78, 5) is 22.0. The standard InChI is InChI=1S/C39H40F3N5O3S/c1-4-34(48)46-15-16-47-32(24(46)2)23-31(44-47)38-36(35-30(42)21-28(41)22-33(35)50-18-17-49-3)39-29(10-19-51-39)37(43-38)27-7-6-25-8-13-45(12-5-11-40)14-9-26(25)20-27/h4,6-7,10,19-24H,1,5,8-9,11-18H2,2-3H3/t24-/m1/s1. The van der Waals surface area contributed by atoms with Crippen molar-refractivity contribution in [2.24, 2.45) is 0 Å². The van der Waals surface area contributed by atoms with Crippen molar-refractivity contribution in [1.29, 1.82) is 0 Å². The maximum absolute atomic E-state index is 16.2. The summed E-state index contributed by atoms with van der Waals surface area (Å²) in [6.45, 7) is 9.00. The number of thiophene rings is 1. The number of fused-ring (bicyclic) bond motifs is 3. The molecule has 2 aliphatic rings. The number of alkyl halides is 1. The molecule has 8 nitrogen and oxygen atoms in total. The molecule has 0 spiro atoms. The second kappa shape index (κ2) is 15.0. The molecule has 0 N–H and O–H groups in total. The molecule has 51 heavy (non-hydrogen) atoms. The van der Waals surface area contributed by atoms with E-state index in [1.807, 2.05) is 29.1 Å². The number of pyridine rings is 1. The van der Waals surface area contributed by atoms with Crippen LogP contribution in [0.2, 0.25) is 0 Å². The average Bonchev–Trinajstić information content (AvgIpc) is 3.75. The van der Waals surface area contributed by atoms with Crippen LogP contribution in [0.5, 0.6) is 5.75 Å². The number of methoxy groups -OCH3 is 1. The maximum Gasteiger partial charge on any atom is 0.246 e. The van der Waals surface area contributed by atoms with E-state index in [9.17, 15) is 13.6 Å². The number of hydrogen-bond acceptors (Lipinski definition) is 7. The van der Waals surface area contributed by atoms with Gasteiger partial charge >= 0.3 is 0 Å². The Balaban J connectivity index is 1.42. The number of carbonyl (C=O) groups excluding carboxylic acids is 1. The Morgan fingerprint density at radius 1 is 1.02 bits per heavy atom. The highest BCUT2D eigenvalue weighted by Crippen LogP contribution is 2.47. The third kappa shape index (κ3) is 6.80. The van der Waals surface area contributed by atoms with Gasteiger partial charge in [-0.05, 0) is 67.0 Å². The lowest BCUT2D eigenvalue weighted by Crippen LogP contribution is -2.40. The Hall–Kier alpha value is -4.52. The van der Waals surface area contributed by atoms with Gasteiger partial charge < -0.3 is 19.3 Å². The summed E-state index contributed by atoms with van der Waals surface area (Å²) >= 11 is 1.44. The minimum atomic E-state index is -0.782. The monoisotopic (exact) mass is 715 g/mol.